The van der Waals surface area contributed by atoms with Crippen LogP contribution in [0.5, 0.6) is 0 Å². The number of rotatable bonds is 10. The van der Waals surface area contributed by atoms with Crippen LogP contribution in [0.3, 0.4) is 0 Å². The lowest BCUT2D eigenvalue weighted by Crippen LogP contribution is -2.12. The van der Waals surface area contributed by atoms with E-state index in [1.807, 2.05) is 30.3 Å². The molecule has 3 aromatic carbocycles. The van der Waals surface area contributed by atoms with Gasteiger partial charge in [0.15, 0.2) is 0 Å². The van der Waals surface area contributed by atoms with Crippen LogP contribution in [0, 0.1) is 0 Å². The average molecular weight is 518 g/mol. The molecule has 0 aliphatic heterocycles. The number of anilines is 1. The van der Waals surface area contributed by atoms with E-state index in [1.54, 1.807) is 12.4 Å². The van der Waals surface area contributed by atoms with Gasteiger partial charge in [-0.1, -0.05) is 78.9 Å². The van der Waals surface area contributed by atoms with Gasteiger partial charge in [-0.3, -0.25) is 0 Å². The molecule has 7 heteroatoms. The molecule has 2 aromatic heterocycles. The number of methoxy groups -OCH3 is 1. The highest BCUT2D eigenvalue weighted by Gasteiger charge is 2.12. The maximum Gasteiger partial charge on any atom is 0.330 e. The molecule has 5 rings (SSSR count). The maximum absolute atomic E-state index is 11.2. The number of nitrogens with one attached hydrogen (secondary N) is 3. The third-order valence-electron chi connectivity index (χ3n) is 6.59. The first-order chi connectivity index (χ1) is 19.1. The van der Waals surface area contributed by atoms with Gasteiger partial charge < -0.3 is 20.4 Å². The molecule has 0 amide bonds. The highest BCUT2D eigenvalue weighted by molar-refractivity contribution is 5.91. The Morgan fingerprint density at radius 1 is 0.949 bits per heavy atom. The standard InChI is InChI=1S/C32H31N5O2/c1-22(26-6-4-3-5-7-26)36-31-28-18-29(37-32(28)35-21-34-31)27-15-12-25(13-16-27)20-33-19-24-10-8-23(9-11-24)14-17-30(38)39-2/h3-18,21-22,33H,19-20H2,1-2H3,(H2,34,35,36,37)/b17-14+/t22-/m1/s1. The zero-order chi connectivity index (χ0) is 27.0. The number of aromatic nitrogens is 3. The van der Waals surface area contributed by atoms with E-state index in [1.165, 1.54) is 29.9 Å². The van der Waals surface area contributed by atoms with Crippen LogP contribution in [-0.2, 0) is 22.6 Å². The fraction of sp³-hybridized carbons (Fsp3) is 0.156. The zero-order valence-electron chi connectivity index (χ0n) is 22.0. The summed E-state index contributed by atoms with van der Waals surface area (Å²) >= 11 is 0. The molecule has 5 aromatic rings. The minimum Gasteiger partial charge on any atom is -0.466 e. The Balaban J connectivity index is 1.19. The van der Waals surface area contributed by atoms with Crippen molar-refractivity contribution in [3.8, 4) is 11.3 Å². The van der Waals surface area contributed by atoms with Crippen molar-refractivity contribution in [2.75, 3.05) is 12.4 Å². The first kappa shape index (κ1) is 25.9. The molecule has 0 unspecified atom stereocenters. The van der Waals surface area contributed by atoms with Crippen LogP contribution in [-0.4, -0.2) is 28.0 Å². The van der Waals surface area contributed by atoms with Crippen LogP contribution in [0.2, 0.25) is 0 Å². The van der Waals surface area contributed by atoms with Gasteiger partial charge in [-0.05, 0) is 46.9 Å². The summed E-state index contributed by atoms with van der Waals surface area (Å²) in [6.45, 7) is 3.64. The molecular weight excluding hydrogens is 486 g/mol. The molecule has 0 aliphatic carbocycles. The van der Waals surface area contributed by atoms with Gasteiger partial charge in [-0.25, -0.2) is 14.8 Å². The number of carbonyl (C=O) groups is 1. The lowest BCUT2D eigenvalue weighted by molar-refractivity contribution is -0.134. The Kier molecular flexibility index (Phi) is 8.09. The highest BCUT2D eigenvalue weighted by Crippen LogP contribution is 2.29. The Morgan fingerprint density at radius 2 is 1.64 bits per heavy atom. The third kappa shape index (κ3) is 6.58. The van der Waals surface area contributed by atoms with E-state index in [0.29, 0.717) is 0 Å². The van der Waals surface area contributed by atoms with E-state index < -0.39 is 0 Å². The van der Waals surface area contributed by atoms with Gasteiger partial charge in [0.1, 0.15) is 17.8 Å². The minimum atomic E-state index is -0.361. The van der Waals surface area contributed by atoms with Gasteiger partial charge in [0.25, 0.3) is 0 Å². The van der Waals surface area contributed by atoms with E-state index in [9.17, 15) is 4.79 Å². The monoisotopic (exact) mass is 517 g/mol. The van der Waals surface area contributed by atoms with E-state index in [2.05, 4.69) is 91.8 Å². The van der Waals surface area contributed by atoms with Crippen molar-refractivity contribution in [3.63, 3.8) is 0 Å². The summed E-state index contributed by atoms with van der Waals surface area (Å²) in [6, 6.07) is 29.1. The molecule has 3 N–H and O–H groups in total. The van der Waals surface area contributed by atoms with Crippen LogP contribution in [0.15, 0.2) is 97.3 Å². The molecule has 0 saturated carbocycles. The molecule has 0 spiro atoms. The van der Waals surface area contributed by atoms with Crippen LogP contribution in [0.4, 0.5) is 5.82 Å². The summed E-state index contributed by atoms with van der Waals surface area (Å²) < 4.78 is 4.62. The van der Waals surface area contributed by atoms with Gasteiger partial charge in [0, 0.05) is 30.9 Å². The van der Waals surface area contributed by atoms with Crippen LogP contribution >= 0.6 is 0 Å². The first-order valence-electron chi connectivity index (χ1n) is 12.9. The second kappa shape index (κ2) is 12.2. The summed E-state index contributed by atoms with van der Waals surface area (Å²) in [7, 11) is 1.37. The quantitative estimate of drug-likeness (QED) is 0.149. The molecule has 2 heterocycles. The molecule has 1 atom stereocenters. The predicted octanol–water partition coefficient (Wildman–Crippen LogP) is 6.27. The number of H-pyrrole nitrogens is 1. The van der Waals surface area contributed by atoms with Crippen molar-refractivity contribution in [1.82, 2.24) is 20.3 Å². The number of hydrogen-bond donors (Lipinski definition) is 3. The SMILES string of the molecule is COC(=O)/C=C/c1ccc(CNCc2ccc(-c3cc4c(N[C@H](C)c5ccccc5)ncnc4[nH]3)cc2)cc1. The van der Waals surface area contributed by atoms with E-state index in [-0.39, 0.29) is 12.0 Å². The van der Waals surface area contributed by atoms with Crippen molar-refractivity contribution in [2.24, 2.45) is 0 Å². The number of esters is 1. The zero-order valence-corrected chi connectivity index (χ0v) is 22.0. The predicted molar refractivity (Wildman–Crippen MR) is 156 cm³/mol. The Labute approximate surface area is 228 Å². The number of aromatic amines is 1. The van der Waals surface area contributed by atoms with E-state index in [4.69, 9.17) is 0 Å². The van der Waals surface area contributed by atoms with Crippen molar-refractivity contribution in [2.45, 2.75) is 26.1 Å². The van der Waals surface area contributed by atoms with Gasteiger partial charge in [-0.2, -0.15) is 0 Å². The number of nitrogens with zero attached hydrogens (tertiary/aromatic N) is 2. The molecule has 39 heavy (non-hydrogen) atoms. The van der Waals surface area contributed by atoms with Crippen molar-refractivity contribution in [3.05, 3.63) is 120 Å². The lowest BCUT2D eigenvalue weighted by Gasteiger charge is -2.15. The molecule has 7 nitrogen and oxygen atoms in total. The Hall–Kier alpha value is -4.75. The number of benzene rings is 3. The summed E-state index contributed by atoms with van der Waals surface area (Å²) in [5, 5.41) is 7.98. The molecule has 0 saturated heterocycles. The Bertz CT molecular complexity index is 1560. The van der Waals surface area contributed by atoms with E-state index in [0.717, 1.165) is 46.8 Å². The largest absolute Gasteiger partial charge is 0.466 e. The van der Waals surface area contributed by atoms with Gasteiger partial charge in [-0.15, -0.1) is 0 Å². The average Bonchev–Trinajstić information content (AvgIpc) is 3.43. The fourth-order valence-corrected chi connectivity index (χ4v) is 4.37. The number of fused-ring (bicyclic) bond motifs is 1. The minimum absolute atomic E-state index is 0.121. The molecular formula is C32H31N5O2. The van der Waals surface area contributed by atoms with Gasteiger partial charge in [0.05, 0.1) is 12.5 Å². The van der Waals surface area contributed by atoms with Crippen LogP contribution < -0.4 is 10.6 Å². The number of hydrogen-bond acceptors (Lipinski definition) is 6. The molecule has 0 aliphatic rings. The fourth-order valence-electron chi connectivity index (χ4n) is 4.37. The van der Waals surface area contributed by atoms with E-state index >= 15 is 0 Å². The Morgan fingerprint density at radius 3 is 2.33 bits per heavy atom. The molecule has 0 radical (unpaired) electrons. The van der Waals surface area contributed by atoms with Crippen LogP contribution in [0.1, 0.15) is 35.2 Å². The second-order valence-corrected chi connectivity index (χ2v) is 9.34. The summed E-state index contributed by atoms with van der Waals surface area (Å²) in [6.07, 6.45) is 4.75. The molecule has 196 valence electrons. The van der Waals surface area contributed by atoms with Crippen molar-refractivity contribution in [1.29, 1.82) is 0 Å². The smallest absolute Gasteiger partial charge is 0.330 e. The molecule has 0 bridgehead atoms. The second-order valence-electron chi connectivity index (χ2n) is 9.34. The van der Waals surface area contributed by atoms with Crippen molar-refractivity contribution < 1.29 is 9.53 Å². The number of ether oxygens (including phenoxy) is 1. The van der Waals surface area contributed by atoms with Crippen LogP contribution in [0.25, 0.3) is 28.4 Å². The van der Waals surface area contributed by atoms with Crippen molar-refractivity contribution >= 4 is 28.9 Å². The summed E-state index contributed by atoms with van der Waals surface area (Å²) in [4.78, 5) is 23.6. The van der Waals surface area contributed by atoms with Gasteiger partial charge in [0.2, 0.25) is 0 Å². The van der Waals surface area contributed by atoms with Gasteiger partial charge >= 0.3 is 5.97 Å². The highest BCUT2D eigenvalue weighted by atomic mass is 16.5. The first-order valence-corrected chi connectivity index (χ1v) is 12.9. The normalized spacial score (nSPS) is 12.1. The molecule has 0 fully saturated rings. The maximum atomic E-state index is 11.2. The summed E-state index contributed by atoms with van der Waals surface area (Å²) in [5.41, 5.74) is 7.43. The third-order valence-corrected chi connectivity index (χ3v) is 6.59. The number of carbonyl (C=O) groups excluding carboxylic acids is 1. The topological polar surface area (TPSA) is 91.9 Å². The lowest BCUT2D eigenvalue weighted by atomic mass is 10.1. The summed E-state index contributed by atoms with van der Waals surface area (Å²) in [5.74, 6) is 0.451.